The molecule has 4 aromatic rings. The van der Waals surface area contributed by atoms with Gasteiger partial charge in [-0.2, -0.15) is 0 Å². The van der Waals surface area contributed by atoms with Gasteiger partial charge >= 0.3 is 0 Å². The highest BCUT2D eigenvalue weighted by Gasteiger charge is 2.22. The van der Waals surface area contributed by atoms with Crippen molar-refractivity contribution in [3.05, 3.63) is 83.8 Å². The first-order valence-electron chi connectivity index (χ1n) is 11.3. The van der Waals surface area contributed by atoms with E-state index in [-0.39, 0.29) is 11.8 Å². The number of anilines is 1. The Morgan fingerprint density at radius 2 is 1.79 bits per heavy atom. The molecule has 0 unspecified atom stereocenters. The van der Waals surface area contributed by atoms with E-state index in [9.17, 15) is 4.79 Å². The van der Waals surface area contributed by atoms with Gasteiger partial charge in [0.1, 0.15) is 30.1 Å². The summed E-state index contributed by atoms with van der Waals surface area (Å²) in [6.45, 7) is 0.481. The molecule has 168 valence electrons. The molecule has 0 atom stereocenters. The minimum Gasteiger partial charge on any atom is -0.489 e. The van der Waals surface area contributed by atoms with Crippen LogP contribution in [0.25, 0.3) is 11.0 Å². The largest absolute Gasteiger partial charge is 0.489 e. The molecule has 2 aromatic heterocycles. The number of carbonyl (C=O) groups is 1. The molecule has 1 fully saturated rings. The van der Waals surface area contributed by atoms with Crippen LogP contribution in [0, 0.1) is 0 Å². The number of nitrogens with two attached hydrogens (primary N) is 1. The summed E-state index contributed by atoms with van der Waals surface area (Å²) in [4.78, 5) is 25.2. The Labute approximate surface area is 192 Å². The molecule has 0 amide bonds. The zero-order valence-corrected chi connectivity index (χ0v) is 18.3. The standard InChI is InChI=1S/C26H27N5O2/c27-19-8-10-20(11-9-19)31-26-23-22(14-28-25(23)29-16-30-26)24(32)18-6-12-21(13-7-18)33-15-17-4-2-1-3-5-17/h1-7,12-14,16,19-20H,8-11,15,27H2,(H2,28,29,30,31). The van der Waals surface area contributed by atoms with Crippen LogP contribution in [0.5, 0.6) is 5.75 Å². The maximum atomic E-state index is 13.3. The van der Waals surface area contributed by atoms with Gasteiger partial charge in [-0.1, -0.05) is 30.3 Å². The number of hydrogen-bond acceptors (Lipinski definition) is 6. The van der Waals surface area contributed by atoms with Crippen molar-refractivity contribution in [3.63, 3.8) is 0 Å². The molecule has 0 bridgehead atoms. The fraction of sp³-hybridized carbons (Fsp3) is 0.269. The van der Waals surface area contributed by atoms with Gasteiger partial charge in [0, 0.05) is 23.8 Å². The molecule has 7 heteroatoms. The van der Waals surface area contributed by atoms with Crippen LogP contribution in [0.1, 0.15) is 47.2 Å². The number of aromatic nitrogens is 3. The van der Waals surface area contributed by atoms with Crippen LogP contribution < -0.4 is 15.8 Å². The first-order valence-corrected chi connectivity index (χ1v) is 11.3. The number of nitrogens with zero attached hydrogens (tertiary/aromatic N) is 2. The summed E-state index contributed by atoms with van der Waals surface area (Å²) in [5.74, 6) is 1.32. The second-order valence-electron chi connectivity index (χ2n) is 8.53. The minimum absolute atomic E-state index is 0.0839. The van der Waals surface area contributed by atoms with Crippen LogP contribution in [0.15, 0.2) is 67.1 Å². The van der Waals surface area contributed by atoms with E-state index in [2.05, 4.69) is 20.3 Å². The predicted octanol–water partition coefficient (Wildman–Crippen LogP) is 4.45. The topological polar surface area (TPSA) is 106 Å². The van der Waals surface area contributed by atoms with Gasteiger partial charge in [-0.25, -0.2) is 9.97 Å². The molecule has 2 heterocycles. The summed E-state index contributed by atoms with van der Waals surface area (Å²) in [7, 11) is 0. The summed E-state index contributed by atoms with van der Waals surface area (Å²) < 4.78 is 5.84. The molecule has 0 spiro atoms. The lowest BCUT2D eigenvalue weighted by atomic mass is 9.92. The van der Waals surface area contributed by atoms with Crippen LogP contribution in [0.2, 0.25) is 0 Å². The number of fused-ring (bicyclic) bond motifs is 1. The minimum atomic E-state index is -0.0839. The van der Waals surface area contributed by atoms with Crippen molar-refractivity contribution < 1.29 is 9.53 Å². The quantitative estimate of drug-likeness (QED) is 0.366. The maximum Gasteiger partial charge on any atom is 0.195 e. The number of ether oxygens (including phenoxy) is 1. The Morgan fingerprint density at radius 3 is 2.55 bits per heavy atom. The van der Waals surface area contributed by atoms with E-state index in [0.717, 1.165) is 42.4 Å². The van der Waals surface area contributed by atoms with E-state index in [1.54, 1.807) is 18.3 Å². The summed E-state index contributed by atoms with van der Waals surface area (Å²) in [5.41, 5.74) is 8.92. The van der Waals surface area contributed by atoms with E-state index >= 15 is 0 Å². The number of benzene rings is 2. The first-order chi connectivity index (χ1) is 16.2. The van der Waals surface area contributed by atoms with Crippen molar-refractivity contribution in [1.29, 1.82) is 0 Å². The SMILES string of the molecule is NC1CCC(Nc2ncnc3[nH]cc(C(=O)c4ccc(OCc5ccccc5)cc4)c23)CC1. The van der Waals surface area contributed by atoms with Crippen LogP contribution in [0.4, 0.5) is 5.82 Å². The Hall–Kier alpha value is -3.71. The molecular formula is C26H27N5O2. The fourth-order valence-electron chi connectivity index (χ4n) is 4.31. The Bertz CT molecular complexity index is 1230. The van der Waals surface area contributed by atoms with Gasteiger partial charge in [-0.15, -0.1) is 0 Å². The summed E-state index contributed by atoms with van der Waals surface area (Å²) in [5, 5.41) is 4.24. The molecule has 1 aliphatic rings. The second kappa shape index (κ2) is 9.42. The molecule has 5 rings (SSSR count). The van der Waals surface area contributed by atoms with Crippen LogP contribution >= 0.6 is 0 Å². The Kier molecular flexibility index (Phi) is 6.04. The molecule has 0 radical (unpaired) electrons. The summed E-state index contributed by atoms with van der Waals surface area (Å²) >= 11 is 0. The van der Waals surface area contributed by atoms with Crippen molar-refractivity contribution in [2.24, 2.45) is 5.73 Å². The summed E-state index contributed by atoms with van der Waals surface area (Å²) in [6.07, 6.45) is 7.19. The average Bonchev–Trinajstić information content (AvgIpc) is 3.30. The van der Waals surface area contributed by atoms with Crippen LogP contribution in [-0.2, 0) is 6.61 Å². The van der Waals surface area contributed by atoms with Crippen LogP contribution in [-0.4, -0.2) is 32.8 Å². The number of carbonyl (C=O) groups excluding carboxylic acids is 1. The van der Waals surface area contributed by atoms with Gasteiger partial charge in [-0.05, 0) is 55.5 Å². The van der Waals surface area contributed by atoms with Gasteiger partial charge < -0.3 is 20.8 Å². The van der Waals surface area contributed by atoms with Crippen molar-refractivity contribution in [2.45, 2.75) is 44.4 Å². The average molecular weight is 442 g/mol. The van der Waals surface area contributed by atoms with Gasteiger partial charge in [0.15, 0.2) is 5.78 Å². The molecule has 0 aliphatic heterocycles. The number of rotatable bonds is 7. The normalized spacial score (nSPS) is 18.2. The summed E-state index contributed by atoms with van der Waals surface area (Å²) in [6, 6.07) is 17.8. The number of hydrogen-bond donors (Lipinski definition) is 3. The van der Waals surface area contributed by atoms with Gasteiger partial charge in [0.2, 0.25) is 0 Å². The molecule has 0 saturated heterocycles. The zero-order chi connectivity index (χ0) is 22.6. The third-order valence-electron chi connectivity index (χ3n) is 6.19. The maximum absolute atomic E-state index is 13.3. The van der Waals surface area contributed by atoms with Crippen molar-refractivity contribution >= 4 is 22.6 Å². The second-order valence-corrected chi connectivity index (χ2v) is 8.53. The van der Waals surface area contributed by atoms with Gasteiger partial charge in [-0.3, -0.25) is 4.79 Å². The number of aromatic amines is 1. The molecule has 1 saturated carbocycles. The zero-order valence-electron chi connectivity index (χ0n) is 18.3. The van der Waals surface area contributed by atoms with E-state index < -0.39 is 0 Å². The fourth-order valence-corrected chi connectivity index (χ4v) is 4.31. The lowest BCUT2D eigenvalue weighted by Crippen LogP contribution is -2.33. The molecule has 4 N–H and O–H groups in total. The van der Waals surface area contributed by atoms with Crippen molar-refractivity contribution in [1.82, 2.24) is 15.0 Å². The number of H-pyrrole nitrogens is 1. The Morgan fingerprint density at radius 1 is 1.03 bits per heavy atom. The van der Waals surface area contributed by atoms with Crippen molar-refractivity contribution in [3.8, 4) is 5.75 Å². The van der Waals surface area contributed by atoms with Gasteiger partial charge in [0.25, 0.3) is 0 Å². The molecule has 7 nitrogen and oxygen atoms in total. The molecular weight excluding hydrogens is 414 g/mol. The Balaban J connectivity index is 1.34. The number of nitrogens with one attached hydrogen (secondary N) is 2. The highest BCUT2D eigenvalue weighted by Crippen LogP contribution is 2.29. The highest BCUT2D eigenvalue weighted by atomic mass is 16.5. The monoisotopic (exact) mass is 441 g/mol. The highest BCUT2D eigenvalue weighted by molar-refractivity contribution is 6.18. The van der Waals surface area contributed by atoms with E-state index in [4.69, 9.17) is 10.5 Å². The van der Waals surface area contributed by atoms with Gasteiger partial charge in [0.05, 0.1) is 10.9 Å². The van der Waals surface area contributed by atoms with Crippen LogP contribution in [0.3, 0.4) is 0 Å². The third kappa shape index (κ3) is 4.73. The van der Waals surface area contributed by atoms with E-state index in [1.807, 2.05) is 42.5 Å². The molecule has 2 aromatic carbocycles. The molecule has 1 aliphatic carbocycles. The van der Waals surface area contributed by atoms with E-state index in [0.29, 0.717) is 35.2 Å². The molecule has 33 heavy (non-hydrogen) atoms. The lowest BCUT2D eigenvalue weighted by Gasteiger charge is -2.27. The van der Waals surface area contributed by atoms with E-state index in [1.165, 1.54) is 6.33 Å². The lowest BCUT2D eigenvalue weighted by molar-refractivity contribution is 0.104. The smallest absolute Gasteiger partial charge is 0.195 e. The third-order valence-corrected chi connectivity index (χ3v) is 6.19. The number of ketones is 1. The predicted molar refractivity (Wildman–Crippen MR) is 128 cm³/mol. The first kappa shape index (κ1) is 21.2. The van der Waals surface area contributed by atoms with Crippen molar-refractivity contribution in [2.75, 3.05) is 5.32 Å².